The fourth-order valence-electron chi connectivity index (χ4n) is 2.75. The van der Waals surface area contributed by atoms with Crippen LogP contribution in [0.1, 0.15) is 18.1 Å². The molecule has 0 fully saturated rings. The number of hydrogen-bond acceptors (Lipinski definition) is 2. The number of nitrogens with one attached hydrogen (secondary N) is 3. The van der Waals surface area contributed by atoms with Crippen LogP contribution in [0, 0.1) is 0 Å². The molecule has 0 unspecified atom stereocenters. The number of benzene rings is 2. The lowest BCUT2D eigenvalue weighted by Gasteiger charge is -2.11. The molecule has 0 spiro atoms. The summed E-state index contributed by atoms with van der Waals surface area (Å²) >= 11 is 0. The number of aromatic amines is 1. The second-order valence-corrected chi connectivity index (χ2v) is 5.51. The quantitative estimate of drug-likeness (QED) is 0.578. The summed E-state index contributed by atoms with van der Waals surface area (Å²) in [5.74, 6) is 0. The fourth-order valence-corrected chi connectivity index (χ4v) is 2.75. The Bertz CT molecular complexity index is 730. The Morgan fingerprint density at radius 1 is 1.05 bits per heavy atom. The predicted octanol–water partition coefficient (Wildman–Crippen LogP) is 3.93. The van der Waals surface area contributed by atoms with Gasteiger partial charge in [-0.3, -0.25) is 0 Å². The Morgan fingerprint density at radius 2 is 1.95 bits per heavy atom. The molecule has 3 aromatic rings. The molecule has 0 saturated carbocycles. The third-order valence-electron chi connectivity index (χ3n) is 3.91. The van der Waals surface area contributed by atoms with Gasteiger partial charge in [0.15, 0.2) is 0 Å². The van der Waals surface area contributed by atoms with Gasteiger partial charge in [-0.25, -0.2) is 0 Å². The zero-order chi connectivity index (χ0) is 15.2. The standard InChI is InChI=1S/C19H23N3/c1-2-21-18-6-4-3-5-17(18)14-20-11-9-15-7-8-19-16(13-15)10-12-22-19/h3-8,10,12-13,20-22H,2,9,11,14H2,1H3. The molecule has 22 heavy (non-hydrogen) atoms. The lowest BCUT2D eigenvalue weighted by atomic mass is 10.1. The van der Waals surface area contributed by atoms with E-state index in [9.17, 15) is 0 Å². The van der Waals surface area contributed by atoms with Crippen molar-refractivity contribution < 1.29 is 0 Å². The van der Waals surface area contributed by atoms with E-state index in [0.29, 0.717) is 0 Å². The molecule has 3 heteroatoms. The largest absolute Gasteiger partial charge is 0.385 e. The summed E-state index contributed by atoms with van der Waals surface area (Å²) in [6, 6.07) is 17.2. The van der Waals surface area contributed by atoms with Gasteiger partial charge in [0.05, 0.1) is 0 Å². The van der Waals surface area contributed by atoms with Gasteiger partial charge < -0.3 is 15.6 Å². The number of anilines is 1. The van der Waals surface area contributed by atoms with E-state index < -0.39 is 0 Å². The molecule has 3 nitrogen and oxygen atoms in total. The van der Waals surface area contributed by atoms with Crippen LogP contribution < -0.4 is 10.6 Å². The number of rotatable bonds is 7. The summed E-state index contributed by atoms with van der Waals surface area (Å²) in [5, 5.41) is 8.24. The van der Waals surface area contributed by atoms with E-state index in [1.807, 2.05) is 6.20 Å². The molecule has 3 rings (SSSR count). The number of H-pyrrole nitrogens is 1. The summed E-state index contributed by atoms with van der Waals surface area (Å²) in [6.45, 7) is 4.96. The predicted molar refractivity (Wildman–Crippen MR) is 94.3 cm³/mol. The Morgan fingerprint density at radius 3 is 2.86 bits per heavy atom. The monoisotopic (exact) mass is 293 g/mol. The molecule has 0 atom stereocenters. The van der Waals surface area contributed by atoms with E-state index >= 15 is 0 Å². The fraction of sp³-hybridized carbons (Fsp3) is 0.263. The highest BCUT2D eigenvalue weighted by atomic mass is 14.9. The van der Waals surface area contributed by atoms with Gasteiger partial charge in [0.25, 0.3) is 0 Å². The molecule has 0 amide bonds. The molecule has 0 aliphatic heterocycles. The molecule has 3 N–H and O–H groups in total. The van der Waals surface area contributed by atoms with Gasteiger partial charge in [-0.05, 0) is 60.7 Å². The van der Waals surface area contributed by atoms with E-state index in [2.05, 4.69) is 71.1 Å². The summed E-state index contributed by atoms with van der Waals surface area (Å²) < 4.78 is 0. The lowest BCUT2D eigenvalue weighted by Crippen LogP contribution is -2.17. The Kier molecular flexibility index (Phi) is 4.76. The van der Waals surface area contributed by atoms with Gasteiger partial charge in [-0.1, -0.05) is 24.3 Å². The molecule has 0 saturated heterocycles. The molecule has 0 bridgehead atoms. The van der Waals surface area contributed by atoms with E-state index in [4.69, 9.17) is 0 Å². The van der Waals surface area contributed by atoms with Crippen LogP contribution in [0.25, 0.3) is 10.9 Å². The highest BCUT2D eigenvalue weighted by Gasteiger charge is 2.01. The summed E-state index contributed by atoms with van der Waals surface area (Å²) in [7, 11) is 0. The highest BCUT2D eigenvalue weighted by molar-refractivity contribution is 5.79. The second-order valence-electron chi connectivity index (χ2n) is 5.51. The van der Waals surface area contributed by atoms with Crippen LogP contribution in [0.15, 0.2) is 54.7 Å². The number of aromatic nitrogens is 1. The minimum atomic E-state index is 0.898. The number of hydrogen-bond donors (Lipinski definition) is 3. The molecule has 0 aliphatic carbocycles. The molecule has 0 aliphatic rings. The van der Waals surface area contributed by atoms with E-state index in [1.165, 1.54) is 27.7 Å². The van der Waals surface area contributed by atoms with E-state index in [-0.39, 0.29) is 0 Å². The number of para-hydroxylation sites is 1. The Hall–Kier alpha value is -2.26. The van der Waals surface area contributed by atoms with Crippen molar-refractivity contribution in [3.63, 3.8) is 0 Å². The topological polar surface area (TPSA) is 39.8 Å². The molecule has 0 radical (unpaired) electrons. The first-order valence-electron chi connectivity index (χ1n) is 7.95. The van der Waals surface area contributed by atoms with Crippen molar-refractivity contribution in [3.8, 4) is 0 Å². The van der Waals surface area contributed by atoms with Crippen LogP contribution in [0.2, 0.25) is 0 Å². The SMILES string of the molecule is CCNc1ccccc1CNCCc1ccc2[nH]ccc2c1. The first kappa shape index (κ1) is 14.7. The van der Waals surface area contributed by atoms with Gasteiger partial charge in [0, 0.05) is 30.5 Å². The summed E-state index contributed by atoms with van der Waals surface area (Å²) in [5.41, 5.74) is 5.13. The van der Waals surface area contributed by atoms with Gasteiger partial charge in [0.2, 0.25) is 0 Å². The van der Waals surface area contributed by atoms with Crippen molar-refractivity contribution in [1.29, 1.82) is 0 Å². The molecule has 2 aromatic carbocycles. The zero-order valence-corrected chi connectivity index (χ0v) is 13.0. The molecule has 1 heterocycles. The van der Waals surface area contributed by atoms with Crippen LogP contribution >= 0.6 is 0 Å². The Labute approximate surface area is 131 Å². The first-order chi connectivity index (χ1) is 10.9. The van der Waals surface area contributed by atoms with Crippen molar-refractivity contribution in [2.24, 2.45) is 0 Å². The molecule has 1 aromatic heterocycles. The summed E-state index contributed by atoms with van der Waals surface area (Å²) in [4.78, 5) is 3.23. The Balaban J connectivity index is 1.53. The maximum Gasteiger partial charge on any atom is 0.0454 e. The lowest BCUT2D eigenvalue weighted by molar-refractivity contribution is 0.688. The molecule has 114 valence electrons. The zero-order valence-electron chi connectivity index (χ0n) is 13.0. The van der Waals surface area contributed by atoms with Crippen LogP contribution in [0.4, 0.5) is 5.69 Å². The van der Waals surface area contributed by atoms with Crippen molar-refractivity contribution in [2.75, 3.05) is 18.4 Å². The van der Waals surface area contributed by atoms with Gasteiger partial charge in [-0.15, -0.1) is 0 Å². The molecular weight excluding hydrogens is 270 g/mol. The van der Waals surface area contributed by atoms with E-state index in [1.54, 1.807) is 0 Å². The van der Waals surface area contributed by atoms with Crippen molar-refractivity contribution in [1.82, 2.24) is 10.3 Å². The maximum absolute atomic E-state index is 3.54. The van der Waals surface area contributed by atoms with Crippen LogP contribution in [0.5, 0.6) is 0 Å². The maximum atomic E-state index is 3.54. The third kappa shape index (κ3) is 3.49. The normalized spacial score (nSPS) is 11.0. The third-order valence-corrected chi connectivity index (χ3v) is 3.91. The van der Waals surface area contributed by atoms with Crippen LogP contribution in [-0.4, -0.2) is 18.1 Å². The van der Waals surface area contributed by atoms with Crippen molar-refractivity contribution >= 4 is 16.6 Å². The minimum Gasteiger partial charge on any atom is -0.385 e. The van der Waals surface area contributed by atoms with Gasteiger partial charge in [-0.2, -0.15) is 0 Å². The van der Waals surface area contributed by atoms with Crippen molar-refractivity contribution in [2.45, 2.75) is 19.9 Å². The first-order valence-corrected chi connectivity index (χ1v) is 7.95. The molecular formula is C19H23N3. The number of fused-ring (bicyclic) bond motifs is 1. The van der Waals surface area contributed by atoms with Crippen LogP contribution in [0.3, 0.4) is 0 Å². The van der Waals surface area contributed by atoms with Crippen molar-refractivity contribution in [3.05, 3.63) is 65.9 Å². The van der Waals surface area contributed by atoms with E-state index in [0.717, 1.165) is 26.1 Å². The average Bonchev–Trinajstić information content (AvgIpc) is 3.01. The minimum absolute atomic E-state index is 0.898. The van der Waals surface area contributed by atoms with Crippen LogP contribution in [-0.2, 0) is 13.0 Å². The smallest absolute Gasteiger partial charge is 0.0454 e. The summed E-state index contributed by atoms with van der Waals surface area (Å²) in [6.07, 6.45) is 3.04. The van der Waals surface area contributed by atoms with Gasteiger partial charge in [0.1, 0.15) is 0 Å². The highest BCUT2D eigenvalue weighted by Crippen LogP contribution is 2.15. The van der Waals surface area contributed by atoms with Gasteiger partial charge >= 0.3 is 0 Å². The second kappa shape index (κ2) is 7.14. The average molecular weight is 293 g/mol.